The number of carbonyl (C=O) groups excluding carboxylic acids is 1. The monoisotopic (exact) mass is 339 g/mol. The van der Waals surface area contributed by atoms with Gasteiger partial charge in [-0.25, -0.2) is 0 Å². The van der Waals surface area contributed by atoms with Gasteiger partial charge in [0.25, 0.3) is 0 Å². The Morgan fingerprint density at radius 3 is 2.50 bits per heavy atom. The van der Waals surface area contributed by atoms with E-state index in [1.807, 2.05) is 25.1 Å². The van der Waals surface area contributed by atoms with Gasteiger partial charge in [-0.2, -0.15) is 0 Å². The number of halogens is 1. The van der Waals surface area contributed by atoms with E-state index in [0.29, 0.717) is 6.54 Å². The van der Waals surface area contributed by atoms with Gasteiger partial charge in [0, 0.05) is 30.7 Å². The average molecular weight is 340 g/mol. The molecule has 1 aromatic carbocycles. The van der Waals surface area contributed by atoms with Gasteiger partial charge in [0.1, 0.15) is 0 Å². The molecule has 1 saturated heterocycles. The number of aryl methyl sites for hydroxylation is 1. The minimum atomic E-state index is 0.0551. The minimum Gasteiger partial charge on any atom is -0.324 e. The molecule has 4 nitrogen and oxygen atoms in total. The van der Waals surface area contributed by atoms with E-state index < -0.39 is 0 Å². The van der Waals surface area contributed by atoms with Crippen LogP contribution in [0, 0.1) is 6.92 Å². The number of nitrogens with one attached hydrogen (secondary N) is 1. The lowest BCUT2D eigenvalue weighted by Gasteiger charge is -2.33. The SMILES string of the molecule is CCN1CCN(CC(=O)Nc2ccc(C)cc2Br)CC1. The van der Waals surface area contributed by atoms with Crippen molar-refractivity contribution < 1.29 is 4.79 Å². The Bertz CT molecular complexity index is 470. The number of hydrogen-bond acceptors (Lipinski definition) is 3. The molecule has 5 heteroatoms. The number of hydrogen-bond donors (Lipinski definition) is 1. The van der Waals surface area contributed by atoms with Crippen molar-refractivity contribution in [3.05, 3.63) is 28.2 Å². The number of piperazine rings is 1. The third-order valence-corrected chi connectivity index (χ3v) is 4.33. The zero-order valence-electron chi connectivity index (χ0n) is 12.2. The third-order valence-electron chi connectivity index (χ3n) is 3.68. The Balaban J connectivity index is 1.84. The van der Waals surface area contributed by atoms with E-state index in [0.717, 1.165) is 42.9 Å². The van der Waals surface area contributed by atoms with Crippen molar-refractivity contribution in [2.75, 3.05) is 44.6 Å². The third kappa shape index (κ3) is 4.30. The van der Waals surface area contributed by atoms with E-state index in [2.05, 4.69) is 38.0 Å². The highest BCUT2D eigenvalue weighted by molar-refractivity contribution is 9.10. The van der Waals surface area contributed by atoms with Crippen LogP contribution in [0.2, 0.25) is 0 Å². The van der Waals surface area contributed by atoms with Crippen LogP contribution < -0.4 is 5.32 Å². The highest BCUT2D eigenvalue weighted by Crippen LogP contribution is 2.23. The number of likely N-dealkylation sites (N-methyl/N-ethyl adjacent to an activating group) is 1. The Kier molecular flexibility index (Phi) is 5.57. The van der Waals surface area contributed by atoms with Crippen LogP contribution in [-0.2, 0) is 4.79 Å². The Morgan fingerprint density at radius 1 is 1.25 bits per heavy atom. The summed E-state index contributed by atoms with van der Waals surface area (Å²) < 4.78 is 0.932. The molecule has 1 aliphatic rings. The largest absolute Gasteiger partial charge is 0.324 e. The molecule has 0 spiro atoms. The first kappa shape index (κ1) is 15.5. The molecule has 0 radical (unpaired) electrons. The molecular formula is C15H22BrN3O. The molecule has 1 N–H and O–H groups in total. The molecule has 0 aromatic heterocycles. The topological polar surface area (TPSA) is 35.6 Å². The van der Waals surface area contributed by atoms with Crippen LogP contribution in [0.4, 0.5) is 5.69 Å². The van der Waals surface area contributed by atoms with E-state index in [1.54, 1.807) is 0 Å². The first-order valence-electron chi connectivity index (χ1n) is 7.09. The Hall–Kier alpha value is -0.910. The summed E-state index contributed by atoms with van der Waals surface area (Å²) in [7, 11) is 0. The Labute approximate surface area is 129 Å². The number of amides is 1. The number of nitrogens with zero attached hydrogens (tertiary/aromatic N) is 2. The van der Waals surface area contributed by atoms with Crippen molar-refractivity contribution in [2.24, 2.45) is 0 Å². The fourth-order valence-electron chi connectivity index (χ4n) is 2.38. The molecule has 1 heterocycles. The Morgan fingerprint density at radius 2 is 1.90 bits per heavy atom. The summed E-state index contributed by atoms with van der Waals surface area (Å²) in [6.45, 7) is 9.82. The fourth-order valence-corrected chi connectivity index (χ4v) is 2.97. The molecule has 1 aliphatic heterocycles. The number of anilines is 1. The summed E-state index contributed by atoms with van der Waals surface area (Å²) in [5, 5.41) is 2.97. The summed E-state index contributed by atoms with van der Waals surface area (Å²) in [5.41, 5.74) is 2.01. The van der Waals surface area contributed by atoms with Crippen molar-refractivity contribution in [3.63, 3.8) is 0 Å². The van der Waals surface area contributed by atoms with Crippen molar-refractivity contribution >= 4 is 27.5 Å². The summed E-state index contributed by atoms with van der Waals surface area (Å²) >= 11 is 3.48. The van der Waals surface area contributed by atoms with Crippen molar-refractivity contribution in [1.82, 2.24) is 9.80 Å². The maximum absolute atomic E-state index is 12.1. The molecular weight excluding hydrogens is 318 g/mol. The standard InChI is InChI=1S/C15H22BrN3O/c1-3-18-6-8-19(9-7-18)11-15(20)17-14-5-4-12(2)10-13(14)16/h4-5,10H,3,6-9,11H2,1-2H3,(H,17,20). The molecule has 1 amide bonds. The van der Waals surface area contributed by atoms with Gasteiger partial charge < -0.3 is 10.2 Å². The van der Waals surface area contributed by atoms with Crippen LogP contribution in [0.3, 0.4) is 0 Å². The lowest BCUT2D eigenvalue weighted by molar-refractivity contribution is -0.117. The maximum atomic E-state index is 12.1. The van der Waals surface area contributed by atoms with Gasteiger partial charge in [0.15, 0.2) is 0 Å². The zero-order valence-corrected chi connectivity index (χ0v) is 13.7. The highest BCUT2D eigenvalue weighted by Gasteiger charge is 2.18. The predicted molar refractivity (Wildman–Crippen MR) is 86.1 cm³/mol. The van der Waals surface area contributed by atoms with Crippen molar-refractivity contribution in [3.8, 4) is 0 Å². The molecule has 0 saturated carbocycles. The van der Waals surface area contributed by atoms with Gasteiger partial charge in [-0.05, 0) is 47.1 Å². The molecule has 0 unspecified atom stereocenters. The summed E-state index contributed by atoms with van der Waals surface area (Å²) in [6, 6.07) is 5.95. The van der Waals surface area contributed by atoms with E-state index in [4.69, 9.17) is 0 Å². The summed E-state index contributed by atoms with van der Waals surface area (Å²) in [5.74, 6) is 0.0551. The van der Waals surface area contributed by atoms with Gasteiger partial charge in [-0.1, -0.05) is 13.0 Å². The summed E-state index contributed by atoms with van der Waals surface area (Å²) in [4.78, 5) is 16.7. The quantitative estimate of drug-likeness (QED) is 0.914. The number of carbonyl (C=O) groups is 1. The van der Waals surface area contributed by atoms with Crippen LogP contribution in [0.1, 0.15) is 12.5 Å². The van der Waals surface area contributed by atoms with Crippen molar-refractivity contribution in [1.29, 1.82) is 0 Å². The number of benzene rings is 1. The molecule has 20 heavy (non-hydrogen) atoms. The normalized spacial score (nSPS) is 17.1. The molecule has 1 aromatic rings. The van der Waals surface area contributed by atoms with Crippen LogP contribution in [-0.4, -0.2) is 55.0 Å². The van der Waals surface area contributed by atoms with Crippen LogP contribution in [0.15, 0.2) is 22.7 Å². The fraction of sp³-hybridized carbons (Fsp3) is 0.533. The molecule has 2 rings (SSSR count). The second-order valence-electron chi connectivity index (χ2n) is 5.24. The number of rotatable bonds is 4. The molecule has 0 atom stereocenters. The zero-order chi connectivity index (χ0) is 14.5. The lowest BCUT2D eigenvalue weighted by atomic mass is 10.2. The van der Waals surface area contributed by atoms with E-state index >= 15 is 0 Å². The van der Waals surface area contributed by atoms with E-state index in [9.17, 15) is 4.79 Å². The van der Waals surface area contributed by atoms with Crippen LogP contribution >= 0.6 is 15.9 Å². The highest BCUT2D eigenvalue weighted by atomic mass is 79.9. The first-order valence-corrected chi connectivity index (χ1v) is 7.88. The summed E-state index contributed by atoms with van der Waals surface area (Å²) in [6.07, 6.45) is 0. The molecule has 1 fully saturated rings. The second kappa shape index (κ2) is 7.20. The van der Waals surface area contributed by atoms with Gasteiger partial charge in [0.2, 0.25) is 5.91 Å². The van der Waals surface area contributed by atoms with Gasteiger partial charge >= 0.3 is 0 Å². The lowest BCUT2D eigenvalue weighted by Crippen LogP contribution is -2.48. The minimum absolute atomic E-state index is 0.0551. The molecule has 0 bridgehead atoms. The predicted octanol–water partition coefficient (Wildman–Crippen LogP) is 2.33. The smallest absolute Gasteiger partial charge is 0.238 e. The van der Waals surface area contributed by atoms with E-state index in [1.165, 1.54) is 5.56 Å². The van der Waals surface area contributed by atoms with E-state index in [-0.39, 0.29) is 5.91 Å². The second-order valence-corrected chi connectivity index (χ2v) is 6.10. The first-order chi connectivity index (χ1) is 9.58. The van der Waals surface area contributed by atoms with Crippen LogP contribution in [0.25, 0.3) is 0 Å². The van der Waals surface area contributed by atoms with Gasteiger partial charge in [-0.3, -0.25) is 9.69 Å². The van der Waals surface area contributed by atoms with Crippen LogP contribution in [0.5, 0.6) is 0 Å². The van der Waals surface area contributed by atoms with Gasteiger partial charge in [-0.15, -0.1) is 0 Å². The van der Waals surface area contributed by atoms with Gasteiger partial charge in [0.05, 0.1) is 12.2 Å². The maximum Gasteiger partial charge on any atom is 0.238 e. The molecule has 0 aliphatic carbocycles. The average Bonchev–Trinajstić information content (AvgIpc) is 2.43. The molecule has 110 valence electrons. The van der Waals surface area contributed by atoms with Crippen molar-refractivity contribution in [2.45, 2.75) is 13.8 Å².